The van der Waals surface area contributed by atoms with Gasteiger partial charge >= 0.3 is 0 Å². The van der Waals surface area contributed by atoms with E-state index in [1.54, 1.807) is 0 Å². The summed E-state index contributed by atoms with van der Waals surface area (Å²) in [5, 5.41) is 10.4. The van der Waals surface area contributed by atoms with Crippen molar-refractivity contribution < 1.29 is 5.11 Å². The predicted molar refractivity (Wildman–Crippen MR) is 53.3 cm³/mol. The molecule has 1 heteroatoms. The Hall–Kier alpha value is -1.08. The molecule has 0 fully saturated rings. The van der Waals surface area contributed by atoms with Crippen LogP contribution in [0.25, 0.3) is 0 Å². The largest absolute Gasteiger partial charge is 0.381 e. The van der Waals surface area contributed by atoms with Gasteiger partial charge in [0.05, 0.1) is 0 Å². The molecule has 1 aliphatic carbocycles. The summed E-state index contributed by atoms with van der Waals surface area (Å²) in [6.45, 7) is 2.00. The molecule has 1 aromatic rings. The van der Waals surface area contributed by atoms with Crippen LogP contribution in [0.5, 0.6) is 0 Å². The van der Waals surface area contributed by atoms with Gasteiger partial charge < -0.3 is 5.11 Å². The molecule has 0 aromatic heterocycles. The average molecular weight is 174 g/mol. The molecule has 1 nitrogen and oxygen atoms in total. The lowest BCUT2D eigenvalue weighted by atomic mass is 9.88. The fourth-order valence-corrected chi connectivity index (χ4v) is 1.95. The second-order valence-corrected chi connectivity index (χ2v) is 3.65. The maximum Gasteiger partial charge on any atom is 0.111 e. The van der Waals surface area contributed by atoms with E-state index in [2.05, 4.69) is 6.08 Å². The first-order valence-corrected chi connectivity index (χ1v) is 4.68. The van der Waals surface area contributed by atoms with Gasteiger partial charge in [0.15, 0.2) is 0 Å². The Morgan fingerprint density at radius 1 is 1.23 bits per heavy atom. The zero-order valence-electron chi connectivity index (χ0n) is 7.83. The topological polar surface area (TPSA) is 20.2 Å². The van der Waals surface area contributed by atoms with Gasteiger partial charge in [0.25, 0.3) is 0 Å². The molecule has 2 rings (SSSR count). The lowest BCUT2D eigenvalue weighted by Crippen LogP contribution is -2.23. The van der Waals surface area contributed by atoms with Gasteiger partial charge in [0, 0.05) is 0 Å². The van der Waals surface area contributed by atoms with Gasteiger partial charge in [0.2, 0.25) is 0 Å². The van der Waals surface area contributed by atoms with E-state index in [9.17, 15) is 5.11 Å². The summed E-state index contributed by atoms with van der Waals surface area (Å²) in [5.41, 5.74) is 1.40. The molecule has 0 heterocycles. The van der Waals surface area contributed by atoms with E-state index in [0.29, 0.717) is 0 Å². The zero-order chi connectivity index (χ0) is 9.31. The molecular formula is C12H14O. The SMILES string of the molecule is CC1=CCCC1(O)c1ccccc1. The minimum atomic E-state index is -0.693. The predicted octanol–water partition coefficient (Wildman–Crippen LogP) is 2.61. The molecule has 0 saturated heterocycles. The number of allylic oxidation sites excluding steroid dienone is 1. The number of benzene rings is 1. The fourth-order valence-electron chi connectivity index (χ4n) is 1.95. The molecular weight excluding hydrogens is 160 g/mol. The third-order valence-electron chi connectivity index (χ3n) is 2.86. The number of rotatable bonds is 1. The van der Waals surface area contributed by atoms with Crippen molar-refractivity contribution in [3.05, 3.63) is 47.5 Å². The highest BCUT2D eigenvalue weighted by atomic mass is 16.3. The van der Waals surface area contributed by atoms with Crippen molar-refractivity contribution in [2.75, 3.05) is 0 Å². The first-order valence-electron chi connectivity index (χ1n) is 4.68. The van der Waals surface area contributed by atoms with Gasteiger partial charge in [-0.25, -0.2) is 0 Å². The van der Waals surface area contributed by atoms with Crippen molar-refractivity contribution >= 4 is 0 Å². The Kier molecular flexibility index (Phi) is 1.97. The van der Waals surface area contributed by atoms with Crippen LogP contribution < -0.4 is 0 Å². The van der Waals surface area contributed by atoms with Crippen LogP contribution >= 0.6 is 0 Å². The Bertz CT molecular complexity index is 326. The highest BCUT2D eigenvalue weighted by Gasteiger charge is 2.33. The third-order valence-corrected chi connectivity index (χ3v) is 2.86. The fraction of sp³-hybridized carbons (Fsp3) is 0.333. The van der Waals surface area contributed by atoms with E-state index in [-0.39, 0.29) is 0 Å². The molecule has 1 aromatic carbocycles. The van der Waals surface area contributed by atoms with Crippen molar-refractivity contribution in [2.24, 2.45) is 0 Å². The maximum absolute atomic E-state index is 10.4. The minimum Gasteiger partial charge on any atom is -0.381 e. The average Bonchev–Trinajstić information content (AvgIpc) is 2.50. The molecule has 13 heavy (non-hydrogen) atoms. The van der Waals surface area contributed by atoms with Gasteiger partial charge in [-0.2, -0.15) is 0 Å². The summed E-state index contributed by atoms with van der Waals surface area (Å²) < 4.78 is 0. The monoisotopic (exact) mass is 174 g/mol. The highest BCUT2D eigenvalue weighted by Crippen LogP contribution is 2.38. The maximum atomic E-state index is 10.4. The molecule has 68 valence electrons. The normalized spacial score (nSPS) is 27.4. The van der Waals surface area contributed by atoms with Crippen molar-refractivity contribution in [1.29, 1.82) is 0 Å². The smallest absolute Gasteiger partial charge is 0.111 e. The van der Waals surface area contributed by atoms with Crippen LogP contribution in [-0.2, 0) is 5.60 Å². The van der Waals surface area contributed by atoms with Crippen molar-refractivity contribution in [2.45, 2.75) is 25.4 Å². The van der Waals surface area contributed by atoms with E-state index in [4.69, 9.17) is 0 Å². The van der Waals surface area contributed by atoms with Crippen molar-refractivity contribution in [3.63, 3.8) is 0 Å². The highest BCUT2D eigenvalue weighted by molar-refractivity contribution is 5.34. The van der Waals surface area contributed by atoms with E-state index in [1.165, 1.54) is 0 Å². The Balaban J connectivity index is 2.41. The van der Waals surface area contributed by atoms with E-state index < -0.39 is 5.60 Å². The summed E-state index contributed by atoms with van der Waals surface area (Å²) in [6, 6.07) is 9.89. The van der Waals surface area contributed by atoms with Gasteiger partial charge in [-0.1, -0.05) is 36.4 Å². The summed E-state index contributed by atoms with van der Waals surface area (Å²) in [6.07, 6.45) is 3.92. The van der Waals surface area contributed by atoms with Gasteiger partial charge in [-0.3, -0.25) is 0 Å². The number of hydrogen-bond donors (Lipinski definition) is 1. The van der Waals surface area contributed by atoms with Crippen LogP contribution in [0.1, 0.15) is 25.3 Å². The van der Waals surface area contributed by atoms with Gasteiger partial charge in [0.1, 0.15) is 5.60 Å². The molecule has 0 saturated carbocycles. The zero-order valence-corrected chi connectivity index (χ0v) is 7.83. The molecule has 1 atom stereocenters. The first kappa shape index (κ1) is 8.52. The molecule has 0 amide bonds. The second-order valence-electron chi connectivity index (χ2n) is 3.65. The Labute approximate surface area is 78.7 Å². The number of hydrogen-bond acceptors (Lipinski definition) is 1. The van der Waals surface area contributed by atoms with Crippen LogP contribution in [0, 0.1) is 0 Å². The van der Waals surface area contributed by atoms with Crippen LogP contribution in [0.3, 0.4) is 0 Å². The summed E-state index contributed by atoms with van der Waals surface area (Å²) >= 11 is 0. The standard InChI is InChI=1S/C12H14O/c1-10-6-5-9-12(10,13)11-7-3-2-4-8-11/h2-4,6-8,13H,5,9H2,1H3. The molecule has 0 bridgehead atoms. The minimum absolute atomic E-state index is 0.693. The lowest BCUT2D eigenvalue weighted by Gasteiger charge is -2.25. The quantitative estimate of drug-likeness (QED) is 0.649. The molecule has 0 radical (unpaired) electrons. The number of aliphatic hydroxyl groups is 1. The molecule has 1 unspecified atom stereocenters. The van der Waals surface area contributed by atoms with Crippen LogP contribution in [-0.4, -0.2) is 5.11 Å². The van der Waals surface area contributed by atoms with Crippen LogP contribution in [0.2, 0.25) is 0 Å². The van der Waals surface area contributed by atoms with Crippen LogP contribution in [0.15, 0.2) is 42.0 Å². The summed E-state index contributed by atoms with van der Waals surface area (Å²) in [4.78, 5) is 0. The first-order chi connectivity index (χ1) is 6.23. The second kappa shape index (κ2) is 3.00. The van der Waals surface area contributed by atoms with Crippen LogP contribution in [0.4, 0.5) is 0 Å². The van der Waals surface area contributed by atoms with Gasteiger partial charge in [-0.15, -0.1) is 0 Å². The molecule has 0 spiro atoms. The third kappa shape index (κ3) is 1.29. The van der Waals surface area contributed by atoms with E-state index in [0.717, 1.165) is 24.0 Å². The van der Waals surface area contributed by atoms with E-state index in [1.807, 2.05) is 37.3 Å². The summed E-state index contributed by atoms with van der Waals surface area (Å²) in [7, 11) is 0. The Morgan fingerprint density at radius 3 is 2.46 bits per heavy atom. The molecule has 1 aliphatic rings. The van der Waals surface area contributed by atoms with Gasteiger partial charge in [-0.05, 0) is 30.9 Å². The van der Waals surface area contributed by atoms with Crippen molar-refractivity contribution in [3.8, 4) is 0 Å². The molecule has 0 aliphatic heterocycles. The Morgan fingerprint density at radius 2 is 1.92 bits per heavy atom. The summed E-state index contributed by atoms with van der Waals surface area (Å²) in [5.74, 6) is 0. The molecule has 1 N–H and O–H groups in total. The van der Waals surface area contributed by atoms with Crippen molar-refractivity contribution in [1.82, 2.24) is 0 Å². The van der Waals surface area contributed by atoms with E-state index >= 15 is 0 Å². The lowest BCUT2D eigenvalue weighted by molar-refractivity contribution is 0.0774.